The smallest absolute Gasteiger partial charge is 0.234 e. The van der Waals surface area contributed by atoms with Gasteiger partial charge in [-0.25, -0.2) is 0 Å². The number of carbonyl (C=O) groups excluding carboxylic acids is 1. The molecule has 0 aliphatic heterocycles. The minimum absolute atomic E-state index is 0.00527. The molecule has 19 heavy (non-hydrogen) atoms. The third-order valence-electron chi connectivity index (χ3n) is 3.07. The van der Waals surface area contributed by atoms with Crippen LogP contribution in [0.5, 0.6) is 5.75 Å². The summed E-state index contributed by atoms with van der Waals surface area (Å²) in [6.45, 7) is 5.00. The van der Waals surface area contributed by atoms with Gasteiger partial charge < -0.3 is 10.4 Å². The van der Waals surface area contributed by atoms with Crippen molar-refractivity contribution in [3.8, 4) is 5.75 Å². The van der Waals surface area contributed by atoms with Crippen LogP contribution < -0.4 is 5.32 Å². The summed E-state index contributed by atoms with van der Waals surface area (Å²) >= 11 is 3.39. The molecule has 0 saturated carbocycles. The Balaban J connectivity index is 2.68. The molecule has 4 nitrogen and oxygen atoms in total. The highest BCUT2D eigenvalue weighted by Gasteiger charge is 2.17. The average Bonchev–Trinajstić information content (AvgIpc) is 2.38. The zero-order valence-corrected chi connectivity index (χ0v) is 13.2. The molecule has 0 heterocycles. The first-order valence-corrected chi connectivity index (χ1v) is 7.20. The SMILES string of the molecule is CCCNC(=O)CN(C)C(C)c1cc(Br)ccc1O. The number of likely N-dealkylation sites (N-methyl/N-ethyl adjacent to an activating group) is 1. The predicted molar refractivity (Wildman–Crippen MR) is 80.2 cm³/mol. The van der Waals surface area contributed by atoms with Crippen molar-refractivity contribution in [3.63, 3.8) is 0 Å². The van der Waals surface area contributed by atoms with Gasteiger partial charge in [0.1, 0.15) is 5.75 Å². The Bertz CT molecular complexity index is 437. The van der Waals surface area contributed by atoms with Gasteiger partial charge in [-0.15, -0.1) is 0 Å². The molecule has 5 heteroatoms. The van der Waals surface area contributed by atoms with E-state index in [9.17, 15) is 9.90 Å². The minimum atomic E-state index is -0.0372. The first kappa shape index (κ1) is 16.0. The van der Waals surface area contributed by atoms with E-state index in [0.717, 1.165) is 16.5 Å². The van der Waals surface area contributed by atoms with Crippen LogP contribution >= 0.6 is 15.9 Å². The van der Waals surface area contributed by atoms with Gasteiger partial charge in [0.05, 0.1) is 6.54 Å². The van der Waals surface area contributed by atoms with E-state index in [1.165, 1.54) is 0 Å². The average molecular weight is 329 g/mol. The maximum Gasteiger partial charge on any atom is 0.234 e. The van der Waals surface area contributed by atoms with Crippen molar-refractivity contribution in [1.82, 2.24) is 10.2 Å². The van der Waals surface area contributed by atoms with Crippen molar-refractivity contribution in [3.05, 3.63) is 28.2 Å². The van der Waals surface area contributed by atoms with Crippen molar-refractivity contribution in [1.29, 1.82) is 0 Å². The molecule has 1 amide bonds. The quantitative estimate of drug-likeness (QED) is 0.844. The minimum Gasteiger partial charge on any atom is -0.508 e. The zero-order chi connectivity index (χ0) is 14.4. The highest BCUT2D eigenvalue weighted by Crippen LogP contribution is 2.30. The fraction of sp³-hybridized carbons (Fsp3) is 0.500. The number of aromatic hydroxyl groups is 1. The van der Waals surface area contributed by atoms with Gasteiger partial charge in [0.2, 0.25) is 5.91 Å². The molecule has 0 radical (unpaired) electrons. The molecule has 106 valence electrons. The monoisotopic (exact) mass is 328 g/mol. The normalized spacial score (nSPS) is 12.5. The number of phenolic OH excluding ortho intramolecular Hbond substituents is 1. The molecular weight excluding hydrogens is 308 g/mol. The van der Waals surface area contributed by atoms with Crippen LogP contribution in [0.1, 0.15) is 31.9 Å². The fourth-order valence-corrected chi connectivity index (χ4v) is 2.16. The number of hydrogen-bond acceptors (Lipinski definition) is 3. The van der Waals surface area contributed by atoms with E-state index in [-0.39, 0.29) is 17.7 Å². The van der Waals surface area contributed by atoms with Crippen LogP contribution in [0.15, 0.2) is 22.7 Å². The van der Waals surface area contributed by atoms with Crippen LogP contribution in [0.4, 0.5) is 0 Å². The molecule has 0 aromatic heterocycles. The first-order chi connectivity index (χ1) is 8.95. The number of rotatable bonds is 6. The van der Waals surface area contributed by atoms with Gasteiger partial charge in [0.25, 0.3) is 0 Å². The fourth-order valence-electron chi connectivity index (χ4n) is 1.78. The summed E-state index contributed by atoms with van der Waals surface area (Å²) in [5, 5.41) is 12.7. The molecule has 1 atom stereocenters. The second-order valence-electron chi connectivity index (χ2n) is 4.64. The van der Waals surface area contributed by atoms with E-state index in [1.807, 2.05) is 31.9 Å². The van der Waals surface area contributed by atoms with Crippen LogP contribution in [0.25, 0.3) is 0 Å². The third-order valence-corrected chi connectivity index (χ3v) is 3.56. The number of halogens is 1. The number of nitrogens with one attached hydrogen (secondary N) is 1. The summed E-state index contributed by atoms with van der Waals surface area (Å²) in [4.78, 5) is 13.6. The number of nitrogens with zero attached hydrogens (tertiary/aromatic N) is 1. The van der Waals surface area contributed by atoms with Crippen molar-refractivity contribution in [2.75, 3.05) is 20.1 Å². The molecule has 1 aromatic carbocycles. The van der Waals surface area contributed by atoms with Gasteiger partial charge in [-0.2, -0.15) is 0 Å². The van der Waals surface area contributed by atoms with Crippen LogP contribution in [0, 0.1) is 0 Å². The van der Waals surface area contributed by atoms with E-state index in [4.69, 9.17) is 0 Å². The molecule has 1 aromatic rings. The second kappa shape index (κ2) is 7.50. The zero-order valence-electron chi connectivity index (χ0n) is 11.6. The van der Waals surface area contributed by atoms with Crippen molar-refractivity contribution in [2.45, 2.75) is 26.3 Å². The number of benzene rings is 1. The number of phenols is 1. The van der Waals surface area contributed by atoms with E-state index in [2.05, 4.69) is 21.2 Å². The highest BCUT2D eigenvalue weighted by molar-refractivity contribution is 9.10. The Labute approximate surface area is 122 Å². The Hall–Kier alpha value is -1.07. The third kappa shape index (κ3) is 4.84. The van der Waals surface area contributed by atoms with E-state index in [1.54, 1.807) is 12.1 Å². The number of carbonyl (C=O) groups is 1. The van der Waals surface area contributed by atoms with Gasteiger partial charge in [-0.3, -0.25) is 9.69 Å². The molecule has 0 bridgehead atoms. The topological polar surface area (TPSA) is 52.6 Å². The summed E-state index contributed by atoms with van der Waals surface area (Å²) in [6, 6.07) is 5.28. The Kier molecular flexibility index (Phi) is 6.31. The summed E-state index contributed by atoms with van der Waals surface area (Å²) < 4.78 is 0.913. The molecule has 1 unspecified atom stereocenters. The molecule has 0 aliphatic carbocycles. The van der Waals surface area contributed by atoms with Crippen LogP contribution in [-0.4, -0.2) is 36.1 Å². The second-order valence-corrected chi connectivity index (χ2v) is 5.56. The Morgan fingerprint density at radius 1 is 1.53 bits per heavy atom. The highest BCUT2D eigenvalue weighted by atomic mass is 79.9. The molecule has 2 N–H and O–H groups in total. The lowest BCUT2D eigenvalue weighted by Crippen LogP contribution is -2.36. The lowest BCUT2D eigenvalue weighted by Gasteiger charge is -2.25. The van der Waals surface area contributed by atoms with Gasteiger partial charge in [-0.1, -0.05) is 22.9 Å². The van der Waals surface area contributed by atoms with E-state index < -0.39 is 0 Å². The largest absolute Gasteiger partial charge is 0.508 e. The molecule has 0 fully saturated rings. The van der Waals surface area contributed by atoms with Crippen LogP contribution in [-0.2, 0) is 4.79 Å². The maximum absolute atomic E-state index is 11.7. The van der Waals surface area contributed by atoms with E-state index >= 15 is 0 Å². The van der Waals surface area contributed by atoms with Crippen molar-refractivity contribution in [2.24, 2.45) is 0 Å². The van der Waals surface area contributed by atoms with Gasteiger partial charge in [0.15, 0.2) is 0 Å². The number of hydrogen-bond donors (Lipinski definition) is 2. The summed E-state index contributed by atoms with van der Waals surface area (Å²) in [5.41, 5.74) is 0.806. The molecule has 0 saturated heterocycles. The van der Waals surface area contributed by atoms with Gasteiger partial charge >= 0.3 is 0 Å². The van der Waals surface area contributed by atoms with E-state index in [0.29, 0.717) is 13.1 Å². The Morgan fingerprint density at radius 3 is 2.84 bits per heavy atom. The first-order valence-electron chi connectivity index (χ1n) is 6.41. The Morgan fingerprint density at radius 2 is 2.21 bits per heavy atom. The van der Waals surface area contributed by atoms with Gasteiger partial charge in [0, 0.05) is 22.6 Å². The molecule has 1 rings (SSSR count). The number of amides is 1. The van der Waals surface area contributed by atoms with Crippen LogP contribution in [0.2, 0.25) is 0 Å². The van der Waals surface area contributed by atoms with Gasteiger partial charge in [-0.05, 0) is 38.6 Å². The maximum atomic E-state index is 11.7. The standard InChI is InChI=1S/C14H21BrN2O2/c1-4-7-16-14(19)9-17(3)10(2)12-8-11(15)5-6-13(12)18/h5-6,8,10,18H,4,7,9H2,1-3H3,(H,16,19). The molecule has 0 spiro atoms. The summed E-state index contributed by atoms with van der Waals surface area (Å²) in [6.07, 6.45) is 0.928. The van der Waals surface area contributed by atoms with Crippen LogP contribution in [0.3, 0.4) is 0 Å². The molecule has 0 aliphatic rings. The summed E-state index contributed by atoms with van der Waals surface area (Å²) in [7, 11) is 1.87. The van der Waals surface area contributed by atoms with Crippen molar-refractivity contribution >= 4 is 21.8 Å². The molecular formula is C14H21BrN2O2. The summed E-state index contributed by atoms with van der Waals surface area (Å²) in [5.74, 6) is 0.252. The predicted octanol–water partition coefficient (Wildman–Crippen LogP) is 2.67. The lowest BCUT2D eigenvalue weighted by molar-refractivity contribution is -0.122. The lowest BCUT2D eigenvalue weighted by atomic mass is 10.1. The van der Waals surface area contributed by atoms with Crippen molar-refractivity contribution < 1.29 is 9.90 Å².